The summed E-state index contributed by atoms with van der Waals surface area (Å²) in [5.74, 6) is -0.360. The molecular weight excluding hydrogens is 227 g/mol. The molecule has 4 nitrogen and oxygen atoms in total. The maximum absolute atomic E-state index is 9.10. The first-order valence-electron chi connectivity index (χ1n) is 3.65. The topological polar surface area (TPSA) is 92.5 Å². The summed E-state index contributed by atoms with van der Waals surface area (Å²) < 4.78 is 0. The van der Waals surface area contributed by atoms with E-state index < -0.39 is 0 Å². The zero-order valence-electron chi connectivity index (χ0n) is 7.43. The molecule has 0 saturated carbocycles. The number of rotatable bonds is 2. The van der Waals surface area contributed by atoms with Crippen LogP contribution in [0.25, 0.3) is 0 Å². The second-order valence-electron chi connectivity index (χ2n) is 2.58. The van der Waals surface area contributed by atoms with E-state index in [4.69, 9.17) is 21.7 Å². The third-order valence-electron chi connectivity index (χ3n) is 1.65. The molecule has 0 aromatic heterocycles. The molecule has 14 heavy (non-hydrogen) atoms. The summed E-state index contributed by atoms with van der Waals surface area (Å²) in [7, 11) is 0. The molecule has 6 N–H and O–H groups in total. The fourth-order valence-electron chi connectivity index (χ4n) is 1.01. The zero-order valence-corrected chi connectivity index (χ0v) is 9.07. The van der Waals surface area contributed by atoms with Crippen LogP contribution in [-0.2, 0) is 6.42 Å². The predicted molar refractivity (Wildman–Crippen MR) is 61.4 cm³/mol. The Hall–Kier alpha value is -0.840. The lowest BCUT2D eigenvalue weighted by atomic mass is 10.1. The van der Waals surface area contributed by atoms with Crippen molar-refractivity contribution >= 4 is 30.5 Å². The summed E-state index contributed by atoms with van der Waals surface area (Å²) in [4.78, 5) is 0. The molecule has 0 radical (unpaired) electrons. The van der Waals surface area contributed by atoms with Crippen molar-refractivity contribution in [3.8, 4) is 11.5 Å². The van der Waals surface area contributed by atoms with E-state index in [9.17, 15) is 0 Å². The molecule has 0 atom stereocenters. The highest BCUT2D eigenvalue weighted by Crippen LogP contribution is 2.29. The summed E-state index contributed by atoms with van der Waals surface area (Å²) in [6.45, 7) is 0.467. The summed E-state index contributed by atoms with van der Waals surface area (Å²) in [5, 5.41) is 18.1. The first-order valence-corrected chi connectivity index (χ1v) is 3.65. The van der Waals surface area contributed by atoms with Crippen LogP contribution in [0.4, 0.5) is 5.69 Å². The van der Waals surface area contributed by atoms with Gasteiger partial charge in [0.25, 0.3) is 0 Å². The second kappa shape index (κ2) is 6.59. The Morgan fingerprint density at radius 2 is 1.57 bits per heavy atom. The summed E-state index contributed by atoms with van der Waals surface area (Å²) in [6, 6.07) is 2.75. The van der Waals surface area contributed by atoms with Crippen LogP contribution in [0.2, 0.25) is 0 Å². The summed E-state index contributed by atoms with van der Waals surface area (Å²) in [6.07, 6.45) is 0.597. The number of nitrogen functional groups attached to an aromatic ring is 1. The van der Waals surface area contributed by atoms with Gasteiger partial charge in [-0.25, -0.2) is 0 Å². The van der Waals surface area contributed by atoms with Gasteiger partial charge in [-0.3, -0.25) is 0 Å². The Morgan fingerprint density at radius 1 is 1.07 bits per heavy atom. The number of aromatic hydroxyl groups is 2. The quantitative estimate of drug-likeness (QED) is 0.353. The zero-order chi connectivity index (χ0) is 9.14. The predicted octanol–water partition coefficient (Wildman–Crippen LogP) is 1.02. The smallest absolute Gasteiger partial charge is 0.159 e. The molecule has 0 aliphatic heterocycles. The maximum atomic E-state index is 9.10. The normalized spacial score (nSPS) is 8.64. The molecule has 0 bridgehead atoms. The second-order valence-corrected chi connectivity index (χ2v) is 2.58. The van der Waals surface area contributed by atoms with E-state index in [1.807, 2.05) is 0 Å². The van der Waals surface area contributed by atoms with Gasteiger partial charge in [-0.05, 0) is 24.6 Å². The van der Waals surface area contributed by atoms with Crippen LogP contribution in [0, 0.1) is 0 Å². The van der Waals surface area contributed by atoms with Gasteiger partial charge in [-0.15, -0.1) is 24.8 Å². The van der Waals surface area contributed by atoms with Crippen molar-refractivity contribution < 1.29 is 10.2 Å². The van der Waals surface area contributed by atoms with Crippen LogP contribution >= 0.6 is 24.8 Å². The van der Waals surface area contributed by atoms with Gasteiger partial charge in [0.15, 0.2) is 11.5 Å². The number of nitrogens with two attached hydrogens (primary N) is 2. The van der Waals surface area contributed by atoms with Crippen molar-refractivity contribution in [3.63, 3.8) is 0 Å². The average molecular weight is 241 g/mol. The Labute approximate surface area is 94.7 Å². The van der Waals surface area contributed by atoms with Crippen LogP contribution in [0.3, 0.4) is 0 Å². The third-order valence-corrected chi connectivity index (χ3v) is 1.65. The summed E-state index contributed by atoms with van der Waals surface area (Å²) >= 11 is 0. The van der Waals surface area contributed by atoms with Crippen LogP contribution in [0.1, 0.15) is 5.56 Å². The SMILES string of the molecule is Cl.Cl.NCCc1cc(O)c(O)cc1N. The Morgan fingerprint density at radius 3 is 2.07 bits per heavy atom. The van der Waals surface area contributed by atoms with Crippen molar-refractivity contribution in [2.45, 2.75) is 6.42 Å². The molecule has 0 aliphatic rings. The number of hydrogen-bond acceptors (Lipinski definition) is 4. The molecule has 0 spiro atoms. The highest BCUT2D eigenvalue weighted by molar-refractivity contribution is 5.85. The van der Waals surface area contributed by atoms with Gasteiger partial charge in [0.2, 0.25) is 0 Å². The van der Waals surface area contributed by atoms with Gasteiger partial charge < -0.3 is 21.7 Å². The first-order chi connectivity index (χ1) is 5.65. The molecule has 0 amide bonds. The maximum Gasteiger partial charge on any atom is 0.159 e. The lowest BCUT2D eigenvalue weighted by Gasteiger charge is -2.05. The fraction of sp³-hybridized carbons (Fsp3) is 0.250. The van der Waals surface area contributed by atoms with Crippen molar-refractivity contribution in [2.24, 2.45) is 5.73 Å². The van der Waals surface area contributed by atoms with E-state index in [-0.39, 0.29) is 36.3 Å². The van der Waals surface area contributed by atoms with E-state index >= 15 is 0 Å². The van der Waals surface area contributed by atoms with E-state index in [1.54, 1.807) is 0 Å². The van der Waals surface area contributed by atoms with Gasteiger partial charge in [-0.1, -0.05) is 0 Å². The number of hydrogen-bond donors (Lipinski definition) is 4. The largest absolute Gasteiger partial charge is 0.504 e. The molecule has 1 aromatic rings. The van der Waals surface area contributed by atoms with Crippen molar-refractivity contribution in [1.29, 1.82) is 0 Å². The lowest BCUT2D eigenvalue weighted by molar-refractivity contribution is 0.403. The third kappa shape index (κ3) is 3.49. The van der Waals surface area contributed by atoms with Crippen molar-refractivity contribution in [3.05, 3.63) is 17.7 Å². The Kier molecular flexibility index (Phi) is 7.35. The van der Waals surface area contributed by atoms with Gasteiger partial charge in [0, 0.05) is 11.8 Å². The minimum atomic E-state index is -0.201. The monoisotopic (exact) mass is 240 g/mol. The molecule has 82 valence electrons. The average Bonchev–Trinajstić information content (AvgIpc) is 2.01. The molecule has 0 aliphatic carbocycles. The number of halogens is 2. The van der Waals surface area contributed by atoms with Crippen molar-refractivity contribution in [1.82, 2.24) is 0 Å². The number of anilines is 1. The molecule has 6 heteroatoms. The minimum Gasteiger partial charge on any atom is -0.504 e. The minimum absolute atomic E-state index is 0. The van der Waals surface area contributed by atoms with Gasteiger partial charge in [0.05, 0.1) is 0 Å². The number of phenolic OH excluding ortho intramolecular Hbond substituents is 2. The standard InChI is InChI=1S/C8H12N2O2.2ClH/c9-2-1-5-3-7(11)8(12)4-6(5)10;;/h3-4,11-12H,1-2,9-10H2;2*1H. The molecule has 1 aromatic carbocycles. The molecule has 0 fully saturated rings. The Balaban J connectivity index is 0. The van der Waals surface area contributed by atoms with Gasteiger partial charge >= 0.3 is 0 Å². The number of benzene rings is 1. The van der Waals surface area contributed by atoms with Gasteiger partial charge in [-0.2, -0.15) is 0 Å². The molecular formula is C8H14Cl2N2O2. The van der Waals surface area contributed by atoms with E-state index in [2.05, 4.69) is 0 Å². The van der Waals surface area contributed by atoms with Crippen LogP contribution in [0.15, 0.2) is 12.1 Å². The molecule has 0 heterocycles. The highest BCUT2D eigenvalue weighted by atomic mass is 35.5. The van der Waals surface area contributed by atoms with Crippen LogP contribution < -0.4 is 11.5 Å². The van der Waals surface area contributed by atoms with Gasteiger partial charge in [0.1, 0.15) is 0 Å². The molecule has 0 saturated heterocycles. The number of phenols is 2. The van der Waals surface area contributed by atoms with Crippen LogP contribution in [0.5, 0.6) is 11.5 Å². The molecule has 0 unspecified atom stereocenters. The van der Waals surface area contributed by atoms with Crippen LogP contribution in [-0.4, -0.2) is 16.8 Å². The summed E-state index contributed by atoms with van der Waals surface area (Å²) in [5.41, 5.74) is 12.1. The molecule has 1 rings (SSSR count). The van der Waals surface area contributed by atoms with E-state index in [0.717, 1.165) is 5.56 Å². The van der Waals surface area contributed by atoms with Crippen molar-refractivity contribution in [2.75, 3.05) is 12.3 Å². The fourth-order valence-corrected chi connectivity index (χ4v) is 1.01. The first kappa shape index (κ1) is 15.6. The highest BCUT2D eigenvalue weighted by Gasteiger charge is 2.04. The van der Waals surface area contributed by atoms with E-state index in [1.165, 1.54) is 12.1 Å². The Bertz CT molecular complexity index is 295. The van der Waals surface area contributed by atoms with E-state index in [0.29, 0.717) is 18.7 Å². The lowest BCUT2D eigenvalue weighted by Crippen LogP contribution is -2.05.